The van der Waals surface area contributed by atoms with Crippen LogP contribution >= 0.6 is 0 Å². The van der Waals surface area contributed by atoms with Gasteiger partial charge < -0.3 is 9.64 Å². The van der Waals surface area contributed by atoms with Gasteiger partial charge in [0, 0.05) is 11.5 Å². The Morgan fingerprint density at radius 1 is 1.47 bits per heavy atom. The molecule has 0 saturated carbocycles. The zero-order valence-electron chi connectivity index (χ0n) is 11.9. The van der Waals surface area contributed by atoms with Crippen molar-refractivity contribution < 1.29 is 14.4 Å². The molecule has 1 saturated heterocycles. The number of piperidine rings is 1. The number of benzene rings is 1. The van der Waals surface area contributed by atoms with E-state index in [1.807, 2.05) is 24.3 Å². The third-order valence-corrected chi connectivity index (χ3v) is 3.83. The minimum atomic E-state index is 0.0842. The van der Waals surface area contributed by atoms with Crippen LogP contribution in [0, 0.1) is 5.92 Å². The molecule has 1 aromatic rings. The van der Waals surface area contributed by atoms with Crippen molar-refractivity contribution in [1.82, 2.24) is 0 Å². The van der Waals surface area contributed by atoms with Gasteiger partial charge >= 0.3 is 0 Å². The lowest BCUT2D eigenvalue weighted by molar-refractivity contribution is -0.908. The van der Waals surface area contributed by atoms with Crippen LogP contribution in [0.2, 0.25) is 0 Å². The molecule has 0 spiro atoms. The summed E-state index contributed by atoms with van der Waals surface area (Å²) < 4.78 is 5.76. The fourth-order valence-corrected chi connectivity index (χ4v) is 2.74. The predicted molar refractivity (Wildman–Crippen MR) is 75.9 cm³/mol. The Morgan fingerprint density at radius 2 is 2.32 bits per heavy atom. The van der Waals surface area contributed by atoms with Crippen molar-refractivity contribution in [3.05, 3.63) is 29.8 Å². The molecule has 1 aromatic carbocycles. The van der Waals surface area contributed by atoms with E-state index in [0.717, 1.165) is 30.4 Å². The quantitative estimate of drug-likeness (QED) is 0.817. The Morgan fingerprint density at radius 3 is 3.05 bits per heavy atom. The fourth-order valence-electron chi connectivity index (χ4n) is 2.74. The van der Waals surface area contributed by atoms with Crippen molar-refractivity contribution in [2.45, 2.75) is 26.7 Å². The molecule has 19 heavy (non-hydrogen) atoms. The van der Waals surface area contributed by atoms with Crippen molar-refractivity contribution in [2.24, 2.45) is 5.92 Å². The van der Waals surface area contributed by atoms with E-state index in [-0.39, 0.29) is 5.78 Å². The standard InChI is InChI=1S/C16H23NO2/c1-13-5-4-8-17(12-13)9-10-19-16-7-3-6-15(11-16)14(2)18/h3,6-7,11,13H,4-5,8-10,12H2,1-2H3/p+1/t13-/m0/s1. The zero-order valence-corrected chi connectivity index (χ0v) is 11.9. The van der Waals surface area contributed by atoms with Gasteiger partial charge in [0.15, 0.2) is 5.78 Å². The lowest BCUT2D eigenvalue weighted by Gasteiger charge is -2.27. The highest BCUT2D eigenvalue weighted by atomic mass is 16.5. The summed E-state index contributed by atoms with van der Waals surface area (Å²) in [5.41, 5.74) is 0.719. The van der Waals surface area contributed by atoms with E-state index in [1.54, 1.807) is 11.8 Å². The van der Waals surface area contributed by atoms with Crippen LogP contribution in [0.3, 0.4) is 0 Å². The first-order chi connectivity index (χ1) is 9.15. The smallest absolute Gasteiger partial charge is 0.159 e. The molecule has 1 aliphatic heterocycles. The first kappa shape index (κ1) is 14.1. The second-order valence-electron chi connectivity index (χ2n) is 5.63. The topological polar surface area (TPSA) is 30.7 Å². The summed E-state index contributed by atoms with van der Waals surface area (Å²) in [5, 5.41) is 0. The van der Waals surface area contributed by atoms with E-state index in [9.17, 15) is 4.79 Å². The van der Waals surface area contributed by atoms with Crippen LogP contribution in [-0.4, -0.2) is 32.0 Å². The molecule has 1 N–H and O–H groups in total. The molecule has 0 aromatic heterocycles. The Labute approximate surface area is 115 Å². The van der Waals surface area contributed by atoms with Gasteiger partial charge in [0.05, 0.1) is 13.1 Å². The van der Waals surface area contributed by atoms with Gasteiger partial charge in [-0.15, -0.1) is 0 Å². The first-order valence-electron chi connectivity index (χ1n) is 7.22. The van der Waals surface area contributed by atoms with Crippen molar-refractivity contribution in [3.63, 3.8) is 0 Å². The lowest BCUT2D eigenvalue weighted by Crippen LogP contribution is -3.14. The van der Waals surface area contributed by atoms with Gasteiger partial charge in [-0.05, 0) is 31.9 Å². The number of rotatable bonds is 5. The van der Waals surface area contributed by atoms with Crippen LogP contribution in [0.15, 0.2) is 24.3 Å². The van der Waals surface area contributed by atoms with E-state index < -0.39 is 0 Å². The second-order valence-corrected chi connectivity index (χ2v) is 5.63. The highest BCUT2D eigenvalue weighted by molar-refractivity contribution is 5.94. The van der Waals surface area contributed by atoms with E-state index >= 15 is 0 Å². The summed E-state index contributed by atoms with van der Waals surface area (Å²) in [5.74, 6) is 1.72. The molecule has 1 unspecified atom stereocenters. The summed E-state index contributed by atoms with van der Waals surface area (Å²) in [6.45, 7) is 8.21. The maximum Gasteiger partial charge on any atom is 0.159 e. The fraction of sp³-hybridized carbons (Fsp3) is 0.562. The van der Waals surface area contributed by atoms with Crippen LogP contribution in [0.1, 0.15) is 37.0 Å². The van der Waals surface area contributed by atoms with Crippen molar-refractivity contribution >= 4 is 5.78 Å². The molecular formula is C16H24NO2+. The van der Waals surface area contributed by atoms with E-state index in [0.29, 0.717) is 0 Å². The monoisotopic (exact) mass is 262 g/mol. The Kier molecular flexibility index (Phi) is 4.97. The SMILES string of the molecule is CC(=O)c1cccc(OCC[NH+]2CCC[C@H](C)C2)c1. The summed E-state index contributed by atoms with van der Waals surface area (Å²) >= 11 is 0. The molecule has 2 atom stereocenters. The first-order valence-corrected chi connectivity index (χ1v) is 7.22. The molecule has 0 aliphatic carbocycles. The van der Waals surface area contributed by atoms with Crippen LogP contribution in [-0.2, 0) is 0 Å². The molecule has 0 radical (unpaired) electrons. The van der Waals surface area contributed by atoms with Gasteiger partial charge in [-0.1, -0.05) is 19.1 Å². The average molecular weight is 262 g/mol. The predicted octanol–water partition coefficient (Wildman–Crippen LogP) is 1.58. The number of hydrogen-bond donors (Lipinski definition) is 1. The normalized spacial score (nSPS) is 23.1. The molecule has 104 valence electrons. The van der Waals surface area contributed by atoms with Crippen molar-refractivity contribution in [2.75, 3.05) is 26.2 Å². The number of nitrogens with one attached hydrogen (secondary N) is 1. The number of hydrogen-bond acceptors (Lipinski definition) is 2. The van der Waals surface area contributed by atoms with E-state index in [4.69, 9.17) is 4.74 Å². The molecule has 3 heteroatoms. The largest absolute Gasteiger partial charge is 0.488 e. The maximum atomic E-state index is 11.3. The summed E-state index contributed by atoms with van der Waals surface area (Å²) in [6.07, 6.45) is 2.70. The molecule has 0 bridgehead atoms. The zero-order chi connectivity index (χ0) is 13.7. The molecule has 1 fully saturated rings. The van der Waals surface area contributed by atoms with Gasteiger partial charge in [-0.3, -0.25) is 4.79 Å². The van der Waals surface area contributed by atoms with Crippen LogP contribution < -0.4 is 9.64 Å². The number of ether oxygens (including phenoxy) is 1. The molecule has 1 heterocycles. The number of Topliss-reactive ketones (excluding diaryl/α,β-unsaturated/α-hetero) is 1. The molecule has 1 aliphatic rings. The Hall–Kier alpha value is -1.35. The molecular weight excluding hydrogens is 238 g/mol. The number of ketones is 1. The summed E-state index contributed by atoms with van der Waals surface area (Å²) in [4.78, 5) is 12.9. The van der Waals surface area contributed by atoms with Crippen LogP contribution in [0.5, 0.6) is 5.75 Å². The Bertz CT molecular complexity index is 431. The van der Waals surface area contributed by atoms with E-state index in [1.165, 1.54) is 25.9 Å². The molecule has 3 nitrogen and oxygen atoms in total. The number of quaternary nitrogens is 1. The summed E-state index contributed by atoms with van der Waals surface area (Å²) in [7, 11) is 0. The van der Waals surface area contributed by atoms with Gasteiger partial charge in [-0.25, -0.2) is 0 Å². The van der Waals surface area contributed by atoms with Gasteiger partial charge in [-0.2, -0.15) is 0 Å². The highest BCUT2D eigenvalue weighted by Gasteiger charge is 2.19. The van der Waals surface area contributed by atoms with Gasteiger partial charge in [0.25, 0.3) is 0 Å². The number of carbonyl (C=O) groups excluding carboxylic acids is 1. The minimum absolute atomic E-state index is 0.0842. The van der Waals surface area contributed by atoms with Gasteiger partial charge in [0.1, 0.15) is 18.9 Å². The average Bonchev–Trinajstić information content (AvgIpc) is 2.39. The highest BCUT2D eigenvalue weighted by Crippen LogP contribution is 2.13. The second kappa shape index (κ2) is 6.71. The number of likely N-dealkylation sites (tertiary alicyclic amines) is 1. The molecule has 0 amide bonds. The van der Waals surface area contributed by atoms with Crippen LogP contribution in [0.4, 0.5) is 0 Å². The number of carbonyl (C=O) groups is 1. The maximum absolute atomic E-state index is 11.3. The lowest BCUT2D eigenvalue weighted by atomic mass is 10.0. The Balaban J connectivity index is 1.79. The van der Waals surface area contributed by atoms with Crippen LogP contribution in [0.25, 0.3) is 0 Å². The third kappa shape index (κ3) is 4.35. The summed E-state index contributed by atoms with van der Waals surface area (Å²) in [6, 6.07) is 7.45. The third-order valence-electron chi connectivity index (χ3n) is 3.83. The minimum Gasteiger partial charge on any atom is -0.488 e. The molecule has 2 rings (SSSR count). The van der Waals surface area contributed by atoms with Gasteiger partial charge in [0.2, 0.25) is 0 Å². The van der Waals surface area contributed by atoms with Crippen molar-refractivity contribution in [1.29, 1.82) is 0 Å². The van der Waals surface area contributed by atoms with E-state index in [2.05, 4.69) is 6.92 Å². The van der Waals surface area contributed by atoms with Crippen molar-refractivity contribution in [3.8, 4) is 5.75 Å².